The number of halogens is 1. The second kappa shape index (κ2) is 5.03. The highest BCUT2D eigenvalue weighted by atomic mass is 79.9. The molecule has 21 heavy (non-hydrogen) atoms. The van der Waals surface area contributed by atoms with E-state index in [1.54, 1.807) is 0 Å². The van der Waals surface area contributed by atoms with Gasteiger partial charge >= 0.3 is 0 Å². The summed E-state index contributed by atoms with van der Waals surface area (Å²) >= 11 is 3.15. The van der Waals surface area contributed by atoms with Crippen molar-refractivity contribution in [2.45, 2.75) is 24.5 Å². The van der Waals surface area contributed by atoms with Gasteiger partial charge in [-0.2, -0.15) is 4.98 Å². The standard InChI is InChI=1S/C10H12BrN5O5/c11-9-13-3-6(14-10(12)15-7(3)20)16(9)8-5(19)4(18)2(1-17)21-8/h2,4-5,8,17-19H,1H2,(H3,12,14,15,20)/t2-,4-,5+,8-/m0/s1. The minimum atomic E-state index is -1.32. The molecule has 0 aromatic carbocycles. The van der Waals surface area contributed by atoms with Crippen LogP contribution in [0.4, 0.5) is 5.95 Å². The maximum atomic E-state index is 11.8. The van der Waals surface area contributed by atoms with Crippen molar-refractivity contribution in [2.75, 3.05) is 12.3 Å². The minimum Gasteiger partial charge on any atom is -0.394 e. The third-order valence-corrected chi connectivity index (χ3v) is 3.86. The molecule has 1 aliphatic rings. The number of anilines is 1. The first-order valence-electron chi connectivity index (χ1n) is 5.99. The molecule has 0 unspecified atom stereocenters. The van der Waals surface area contributed by atoms with Crippen molar-refractivity contribution in [3.63, 3.8) is 0 Å². The van der Waals surface area contributed by atoms with Gasteiger partial charge in [-0.25, -0.2) is 4.98 Å². The van der Waals surface area contributed by atoms with Crippen molar-refractivity contribution < 1.29 is 20.1 Å². The van der Waals surface area contributed by atoms with E-state index in [0.29, 0.717) is 0 Å². The molecule has 1 fully saturated rings. The first kappa shape index (κ1) is 14.4. The van der Waals surface area contributed by atoms with E-state index in [4.69, 9.17) is 15.6 Å². The predicted octanol–water partition coefficient (Wildman–Crippen LogP) is -1.92. The number of nitrogens with two attached hydrogens (primary N) is 1. The first-order valence-corrected chi connectivity index (χ1v) is 6.79. The quantitative estimate of drug-likeness (QED) is 0.387. The Bertz CT molecular complexity index is 745. The fourth-order valence-corrected chi connectivity index (χ4v) is 2.84. The summed E-state index contributed by atoms with van der Waals surface area (Å²) in [5.74, 6) is -0.118. The van der Waals surface area contributed by atoms with Crippen LogP contribution in [0.1, 0.15) is 6.23 Å². The zero-order valence-corrected chi connectivity index (χ0v) is 12.1. The minimum absolute atomic E-state index is 0.00816. The van der Waals surface area contributed by atoms with Crippen LogP contribution in [0.15, 0.2) is 9.53 Å². The third kappa shape index (κ3) is 2.13. The predicted molar refractivity (Wildman–Crippen MR) is 73.3 cm³/mol. The molecule has 0 radical (unpaired) electrons. The van der Waals surface area contributed by atoms with E-state index in [-0.39, 0.29) is 21.8 Å². The molecule has 4 atom stereocenters. The van der Waals surface area contributed by atoms with Crippen LogP contribution in [0, 0.1) is 0 Å². The molecular formula is C10H12BrN5O5. The number of nitrogens with one attached hydrogen (secondary N) is 1. The van der Waals surface area contributed by atoms with Crippen LogP contribution in [-0.4, -0.2) is 59.8 Å². The Hall–Kier alpha value is -1.53. The molecule has 0 saturated carbocycles. The zero-order valence-electron chi connectivity index (χ0n) is 10.5. The van der Waals surface area contributed by atoms with Crippen molar-refractivity contribution in [3.8, 4) is 0 Å². The number of aromatic nitrogens is 4. The Morgan fingerprint density at radius 3 is 2.71 bits per heavy atom. The van der Waals surface area contributed by atoms with E-state index >= 15 is 0 Å². The van der Waals surface area contributed by atoms with Crippen LogP contribution < -0.4 is 11.3 Å². The molecular weight excluding hydrogens is 350 g/mol. The third-order valence-electron chi connectivity index (χ3n) is 3.30. The molecule has 0 spiro atoms. The average molecular weight is 362 g/mol. The van der Waals surface area contributed by atoms with Gasteiger partial charge in [0, 0.05) is 0 Å². The van der Waals surface area contributed by atoms with Crippen LogP contribution in [-0.2, 0) is 4.74 Å². The maximum Gasteiger partial charge on any atom is 0.280 e. The van der Waals surface area contributed by atoms with Crippen molar-refractivity contribution in [2.24, 2.45) is 0 Å². The van der Waals surface area contributed by atoms with E-state index in [1.165, 1.54) is 4.57 Å². The maximum absolute atomic E-state index is 11.8. The summed E-state index contributed by atoms with van der Waals surface area (Å²) < 4.78 is 6.87. The number of fused-ring (bicyclic) bond motifs is 1. The number of hydrogen-bond acceptors (Lipinski definition) is 8. The number of imidazole rings is 1. The highest BCUT2D eigenvalue weighted by Crippen LogP contribution is 2.33. The molecule has 3 heterocycles. The fraction of sp³-hybridized carbons (Fsp3) is 0.500. The van der Waals surface area contributed by atoms with Crippen molar-refractivity contribution in [1.82, 2.24) is 19.5 Å². The smallest absolute Gasteiger partial charge is 0.280 e. The van der Waals surface area contributed by atoms with Gasteiger partial charge in [-0.1, -0.05) is 0 Å². The summed E-state index contributed by atoms with van der Waals surface area (Å²) in [5.41, 5.74) is 5.07. The Morgan fingerprint density at radius 1 is 1.38 bits per heavy atom. The summed E-state index contributed by atoms with van der Waals surface area (Å²) in [6, 6.07) is 0. The van der Waals surface area contributed by atoms with Gasteiger partial charge in [-0.3, -0.25) is 14.3 Å². The monoisotopic (exact) mass is 361 g/mol. The summed E-state index contributed by atoms with van der Waals surface area (Å²) in [5, 5.41) is 29.0. The fourth-order valence-electron chi connectivity index (χ4n) is 2.29. The van der Waals surface area contributed by atoms with Gasteiger partial charge in [0.05, 0.1) is 6.61 Å². The largest absolute Gasteiger partial charge is 0.394 e. The lowest BCUT2D eigenvalue weighted by atomic mass is 10.1. The van der Waals surface area contributed by atoms with Crippen LogP contribution in [0.2, 0.25) is 0 Å². The number of aliphatic hydroxyl groups excluding tert-OH is 3. The Labute approximate surface area is 125 Å². The van der Waals surface area contributed by atoms with Crippen molar-refractivity contribution in [3.05, 3.63) is 15.1 Å². The Morgan fingerprint density at radius 2 is 2.10 bits per heavy atom. The number of rotatable bonds is 2. The van der Waals surface area contributed by atoms with E-state index < -0.39 is 36.7 Å². The number of nitrogen functional groups attached to an aromatic ring is 1. The molecule has 1 saturated heterocycles. The van der Waals surface area contributed by atoms with Gasteiger partial charge in [0.2, 0.25) is 5.95 Å². The van der Waals surface area contributed by atoms with Gasteiger partial charge in [-0.05, 0) is 15.9 Å². The van der Waals surface area contributed by atoms with Gasteiger partial charge in [-0.15, -0.1) is 0 Å². The Balaban J connectivity index is 2.17. The normalized spacial score (nSPS) is 29.3. The van der Waals surface area contributed by atoms with Gasteiger partial charge in [0.15, 0.2) is 22.1 Å². The molecule has 1 aliphatic heterocycles. The van der Waals surface area contributed by atoms with E-state index in [1.807, 2.05) is 0 Å². The van der Waals surface area contributed by atoms with Crippen LogP contribution in [0.5, 0.6) is 0 Å². The molecule has 10 nitrogen and oxygen atoms in total. The van der Waals surface area contributed by atoms with Gasteiger partial charge in [0.25, 0.3) is 5.56 Å². The highest BCUT2D eigenvalue weighted by Gasteiger charge is 2.44. The number of H-pyrrole nitrogens is 1. The second-order valence-electron chi connectivity index (χ2n) is 4.60. The lowest BCUT2D eigenvalue weighted by molar-refractivity contribution is -0.0521. The molecule has 11 heteroatoms. The lowest BCUT2D eigenvalue weighted by Crippen LogP contribution is -2.33. The van der Waals surface area contributed by atoms with Crippen LogP contribution >= 0.6 is 15.9 Å². The highest BCUT2D eigenvalue weighted by molar-refractivity contribution is 9.10. The van der Waals surface area contributed by atoms with E-state index in [0.717, 1.165) is 0 Å². The molecule has 3 rings (SSSR count). The van der Waals surface area contributed by atoms with Gasteiger partial charge in [0.1, 0.15) is 18.3 Å². The molecule has 0 bridgehead atoms. The SMILES string of the molecule is Nc1nc2c(nc(Br)n2[C@H]2O[C@@H](CO)[C@H](O)[C@H]2O)c(=O)[nH]1. The number of ether oxygens (including phenoxy) is 1. The lowest BCUT2D eigenvalue weighted by Gasteiger charge is -2.17. The first-order chi connectivity index (χ1) is 9.93. The number of aliphatic hydroxyl groups is 3. The molecule has 114 valence electrons. The number of hydrogen-bond donors (Lipinski definition) is 5. The number of nitrogens with zero attached hydrogens (tertiary/aromatic N) is 3. The molecule has 0 aliphatic carbocycles. The summed E-state index contributed by atoms with van der Waals surface area (Å²) in [7, 11) is 0. The number of aromatic amines is 1. The van der Waals surface area contributed by atoms with Crippen molar-refractivity contribution >= 4 is 33.0 Å². The molecule has 6 N–H and O–H groups in total. The van der Waals surface area contributed by atoms with E-state index in [9.17, 15) is 15.0 Å². The Kier molecular flexibility index (Phi) is 3.45. The van der Waals surface area contributed by atoms with Crippen LogP contribution in [0.3, 0.4) is 0 Å². The topological polar surface area (TPSA) is 160 Å². The van der Waals surface area contributed by atoms with E-state index in [2.05, 4.69) is 30.9 Å². The van der Waals surface area contributed by atoms with Crippen molar-refractivity contribution in [1.29, 1.82) is 0 Å². The second-order valence-corrected chi connectivity index (χ2v) is 5.31. The van der Waals surface area contributed by atoms with Crippen LogP contribution in [0.25, 0.3) is 11.2 Å². The molecule has 2 aromatic rings. The zero-order chi connectivity index (χ0) is 15.3. The summed E-state index contributed by atoms with van der Waals surface area (Å²) in [6.45, 7) is -0.463. The van der Waals surface area contributed by atoms with Gasteiger partial charge < -0.3 is 25.8 Å². The summed E-state index contributed by atoms with van der Waals surface area (Å²) in [6.07, 6.45) is -4.61. The molecule has 2 aromatic heterocycles. The summed E-state index contributed by atoms with van der Waals surface area (Å²) in [4.78, 5) is 22.0. The average Bonchev–Trinajstić information content (AvgIpc) is 2.89. The molecule has 0 amide bonds.